The van der Waals surface area contributed by atoms with Crippen molar-refractivity contribution in [2.75, 3.05) is 13.1 Å². The second kappa shape index (κ2) is 5.86. The van der Waals surface area contributed by atoms with E-state index in [0.717, 1.165) is 38.0 Å². The van der Waals surface area contributed by atoms with Crippen LogP contribution < -0.4 is 5.32 Å². The Kier molecular flexibility index (Phi) is 4.13. The Hall–Kier alpha value is -0.870. The van der Waals surface area contributed by atoms with Gasteiger partial charge in [0.05, 0.1) is 11.4 Å². The number of rotatable bonds is 5. The summed E-state index contributed by atoms with van der Waals surface area (Å²) in [7, 11) is 0. The Labute approximate surface area is 122 Å². The summed E-state index contributed by atoms with van der Waals surface area (Å²) in [5.41, 5.74) is 2.61. The highest BCUT2D eigenvalue weighted by Crippen LogP contribution is 2.34. The zero-order valence-electron chi connectivity index (χ0n) is 13.1. The maximum Gasteiger partial charge on any atom is 0.0625 e. The third-order valence-electron chi connectivity index (χ3n) is 4.86. The molecular formula is C16H28N4. The van der Waals surface area contributed by atoms with E-state index in [4.69, 9.17) is 0 Å². The topological polar surface area (TPSA) is 33.1 Å². The van der Waals surface area contributed by atoms with Crippen molar-refractivity contribution in [2.24, 2.45) is 5.92 Å². The molecular weight excluding hydrogens is 248 g/mol. The number of nitrogens with zero attached hydrogens (tertiary/aromatic N) is 3. The van der Waals surface area contributed by atoms with Gasteiger partial charge < -0.3 is 5.32 Å². The van der Waals surface area contributed by atoms with E-state index >= 15 is 0 Å². The number of hydrogen-bond donors (Lipinski definition) is 1. The van der Waals surface area contributed by atoms with Gasteiger partial charge in [-0.1, -0.05) is 6.92 Å². The van der Waals surface area contributed by atoms with Crippen molar-refractivity contribution in [1.29, 1.82) is 0 Å². The Morgan fingerprint density at radius 2 is 2.15 bits per heavy atom. The normalized spacial score (nSPS) is 27.9. The molecule has 20 heavy (non-hydrogen) atoms. The van der Waals surface area contributed by atoms with E-state index in [9.17, 15) is 0 Å². The molecule has 1 saturated heterocycles. The van der Waals surface area contributed by atoms with Crippen LogP contribution in [0.4, 0.5) is 0 Å². The molecule has 2 heterocycles. The highest BCUT2D eigenvalue weighted by molar-refractivity contribution is 5.11. The molecule has 0 aromatic carbocycles. The van der Waals surface area contributed by atoms with Gasteiger partial charge in [0.15, 0.2) is 0 Å². The van der Waals surface area contributed by atoms with Crippen molar-refractivity contribution in [3.05, 3.63) is 17.5 Å². The molecule has 1 N–H and O–H groups in total. The van der Waals surface area contributed by atoms with Gasteiger partial charge >= 0.3 is 0 Å². The molecule has 2 aliphatic rings. The molecule has 0 amide bonds. The fraction of sp³-hybridized carbons (Fsp3) is 0.812. The molecule has 3 rings (SSSR count). The van der Waals surface area contributed by atoms with Crippen molar-refractivity contribution in [2.45, 2.75) is 65.2 Å². The molecule has 0 radical (unpaired) electrons. The van der Waals surface area contributed by atoms with Gasteiger partial charge in [0.2, 0.25) is 0 Å². The standard InChI is InChI=1S/C16H28N4/c1-4-14-8-15(20(5-2)18-14)10-19-11-16(13-6-7-13)17-9-12(19)3/h8,12-13,16-17H,4-7,9-11H2,1-3H3. The van der Waals surface area contributed by atoms with Crippen LogP contribution in [0.15, 0.2) is 6.07 Å². The van der Waals surface area contributed by atoms with Crippen molar-refractivity contribution >= 4 is 0 Å². The molecule has 112 valence electrons. The second-order valence-corrected chi connectivity index (χ2v) is 6.43. The predicted octanol–water partition coefficient (Wildman–Crippen LogP) is 2.04. The lowest BCUT2D eigenvalue weighted by Crippen LogP contribution is -2.55. The van der Waals surface area contributed by atoms with Crippen LogP contribution in [0.1, 0.15) is 45.0 Å². The molecule has 2 atom stereocenters. The first kappa shape index (κ1) is 14.1. The Morgan fingerprint density at radius 1 is 1.35 bits per heavy atom. The van der Waals surface area contributed by atoms with E-state index < -0.39 is 0 Å². The number of aryl methyl sites for hydroxylation is 2. The third kappa shape index (κ3) is 2.91. The van der Waals surface area contributed by atoms with E-state index in [1.807, 2.05) is 0 Å². The van der Waals surface area contributed by atoms with E-state index in [2.05, 4.69) is 46.8 Å². The van der Waals surface area contributed by atoms with Crippen LogP contribution in [-0.4, -0.2) is 39.9 Å². The fourth-order valence-corrected chi connectivity index (χ4v) is 3.28. The van der Waals surface area contributed by atoms with Crippen LogP contribution >= 0.6 is 0 Å². The zero-order chi connectivity index (χ0) is 14.1. The first-order valence-electron chi connectivity index (χ1n) is 8.24. The van der Waals surface area contributed by atoms with Crippen LogP contribution in [0.5, 0.6) is 0 Å². The van der Waals surface area contributed by atoms with E-state index in [-0.39, 0.29) is 0 Å². The van der Waals surface area contributed by atoms with Crippen molar-refractivity contribution < 1.29 is 0 Å². The highest BCUT2D eigenvalue weighted by atomic mass is 15.3. The first-order chi connectivity index (χ1) is 9.71. The van der Waals surface area contributed by atoms with Gasteiger partial charge in [-0.15, -0.1) is 0 Å². The SMILES string of the molecule is CCc1cc(CN2CC(C3CC3)NCC2C)n(CC)n1. The Morgan fingerprint density at radius 3 is 2.80 bits per heavy atom. The summed E-state index contributed by atoms with van der Waals surface area (Å²) in [6.07, 6.45) is 3.88. The number of nitrogens with one attached hydrogen (secondary N) is 1. The van der Waals surface area contributed by atoms with Crippen LogP contribution in [0.25, 0.3) is 0 Å². The lowest BCUT2D eigenvalue weighted by atomic mass is 10.1. The molecule has 1 saturated carbocycles. The summed E-state index contributed by atoms with van der Waals surface area (Å²) in [4.78, 5) is 2.64. The van der Waals surface area contributed by atoms with Gasteiger partial charge in [0.25, 0.3) is 0 Å². The minimum atomic E-state index is 0.621. The van der Waals surface area contributed by atoms with Gasteiger partial charge in [-0.3, -0.25) is 9.58 Å². The number of piperazine rings is 1. The van der Waals surface area contributed by atoms with Crippen molar-refractivity contribution in [1.82, 2.24) is 20.0 Å². The number of hydrogen-bond acceptors (Lipinski definition) is 3. The molecule has 1 aliphatic heterocycles. The van der Waals surface area contributed by atoms with Crippen molar-refractivity contribution in [3.63, 3.8) is 0 Å². The second-order valence-electron chi connectivity index (χ2n) is 6.43. The maximum absolute atomic E-state index is 4.68. The van der Waals surface area contributed by atoms with Crippen LogP contribution in [-0.2, 0) is 19.5 Å². The summed E-state index contributed by atoms with van der Waals surface area (Å²) in [6, 6.07) is 3.63. The maximum atomic E-state index is 4.68. The van der Waals surface area contributed by atoms with E-state index in [1.165, 1.54) is 30.8 Å². The molecule has 2 fully saturated rings. The highest BCUT2D eigenvalue weighted by Gasteiger charge is 2.36. The van der Waals surface area contributed by atoms with Gasteiger partial charge in [-0.2, -0.15) is 5.10 Å². The molecule has 4 nitrogen and oxygen atoms in total. The summed E-state index contributed by atoms with van der Waals surface area (Å²) >= 11 is 0. The smallest absolute Gasteiger partial charge is 0.0625 e. The molecule has 4 heteroatoms. The summed E-state index contributed by atoms with van der Waals surface area (Å²) in [5, 5.41) is 8.41. The fourth-order valence-electron chi connectivity index (χ4n) is 3.28. The summed E-state index contributed by atoms with van der Waals surface area (Å²) in [5.74, 6) is 0.937. The lowest BCUT2D eigenvalue weighted by molar-refractivity contribution is 0.122. The van der Waals surface area contributed by atoms with Gasteiger partial charge in [-0.05, 0) is 45.1 Å². The molecule has 2 unspecified atom stereocenters. The monoisotopic (exact) mass is 276 g/mol. The lowest BCUT2D eigenvalue weighted by Gasteiger charge is -2.39. The van der Waals surface area contributed by atoms with Gasteiger partial charge in [0, 0.05) is 38.3 Å². The first-order valence-corrected chi connectivity index (χ1v) is 8.24. The van der Waals surface area contributed by atoms with E-state index in [0.29, 0.717) is 6.04 Å². The predicted molar refractivity (Wildman–Crippen MR) is 81.7 cm³/mol. The van der Waals surface area contributed by atoms with Crippen LogP contribution in [0.2, 0.25) is 0 Å². The molecule has 1 aliphatic carbocycles. The van der Waals surface area contributed by atoms with E-state index in [1.54, 1.807) is 0 Å². The number of aromatic nitrogens is 2. The third-order valence-corrected chi connectivity index (χ3v) is 4.86. The van der Waals surface area contributed by atoms with Gasteiger partial charge in [0.1, 0.15) is 0 Å². The molecule has 0 bridgehead atoms. The molecule has 1 aromatic rings. The Balaban J connectivity index is 1.69. The minimum absolute atomic E-state index is 0.621. The average Bonchev–Trinajstić information content (AvgIpc) is 3.23. The minimum Gasteiger partial charge on any atom is -0.311 e. The quantitative estimate of drug-likeness (QED) is 0.893. The largest absolute Gasteiger partial charge is 0.311 e. The van der Waals surface area contributed by atoms with Crippen molar-refractivity contribution in [3.8, 4) is 0 Å². The van der Waals surface area contributed by atoms with Crippen LogP contribution in [0.3, 0.4) is 0 Å². The zero-order valence-corrected chi connectivity index (χ0v) is 13.1. The molecule has 1 aromatic heterocycles. The van der Waals surface area contributed by atoms with Gasteiger partial charge in [-0.25, -0.2) is 0 Å². The summed E-state index contributed by atoms with van der Waals surface area (Å²) in [6.45, 7) is 11.1. The van der Waals surface area contributed by atoms with Crippen LogP contribution in [0, 0.1) is 5.92 Å². The molecule has 0 spiro atoms. The Bertz CT molecular complexity index is 449. The average molecular weight is 276 g/mol. The summed E-state index contributed by atoms with van der Waals surface area (Å²) < 4.78 is 2.18.